The molecular weight excluding hydrogens is 204 g/mol. The summed E-state index contributed by atoms with van der Waals surface area (Å²) in [7, 11) is 0. The highest BCUT2D eigenvalue weighted by molar-refractivity contribution is 4.62. The molecule has 98 valence electrons. The number of hydrogen-bond donors (Lipinski definition) is 0. The van der Waals surface area contributed by atoms with E-state index in [0.717, 1.165) is 12.8 Å². The van der Waals surface area contributed by atoms with E-state index in [4.69, 9.17) is 14.2 Å². The van der Waals surface area contributed by atoms with Crippen molar-refractivity contribution in [2.24, 2.45) is 0 Å². The van der Waals surface area contributed by atoms with Gasteiger partial charge in [-0.3, -0.25) is 0 Å². The molecule has 0 fully saturated rings. The van der Waals surface area contributed by atoms with Crippen molar-refractivity contribution in [2.75, 3.05) is 0 Å². The summed E-state index contributed by atoms with van der Waals surface area (Å²) in [5.41, 5.74) is 0. The molecule has 3 nitrogen and oxygen atoms in total. The van der Waals surface area contributed by atoms with Crippen molar-refractivity contribution in [3.05, 3.63) is 0 Å². The van der Waals surface area contributed by atoms with Crippen LogP contribution in [0.5, 0.6) is 0 Å². The van der Waals surface area contributed by atoms with Gasteiger partial charge < -0.3 is 14.2 Å². The molecule has 0 N–H and O–H groups in total. The van der Waals surface area contributed by atoms with E-state index in [1.165, 1.54) is 0 Å². The van der Waals surface area contributed by atoms with Crippen molar-refractivity contribution in [1.29, 1.82) is 0 Å². The number of hydrogen-bond acceptors (Lipinski definition) is 3. The van der Waals surface area contributed by atoms with Crippen molar-refractivity contribution in [3.8, 4) is 0 Å². The highest BCUT2D eigenvalue weighted by Crippen LogP contribution is 2.27. The van der Waals surface area contributed by atoms with Crippen molar-refractivity contribution in [1.82, 2.24) is 0 Å². The molecule has 0 aromatic carbocycles. The first-order valence-electron chi connectivity index (χ1n) is 6.34. The van der Waals surface area contributed by atoms with Crippen molar-refractivity contribution in [2.45, 2.75) is 85.6 Å². The average molecular weight is 232 g/mol. The third-order valence-electron chi connectivity index (χ3n) is 1.80. The van der Waals surface area contributed by atoms with Gasteiger partial charge in [0, 0.05) is 6.42 Å². The summed E-state index contributed by atoms with van der Waals surface area (Å²) in [6.07, 6.45) is 1.98. The highest BCUT2D eigenvalue weighted by atomic mass is 16.9. The summed E-state index contributed by atoms with van der Waals surface area (Å²) in [5, 5.41) is 0. The van der Waals surface area contributed by atoms with Gasteiger partial charge in [0.1, 0.15) is 0 Å². The first-order valence-corrected chi connectivity index (χ1v) is 6.34. The fraction of sp³-hybridized carbons (Fsp3) is 1.00. The normalized spacial score (nSPS) is 13.1. The summed E-state index contributed by atoms with van der Waals surface area (Å²) >= 11 is 0. The molecule has 0 bridgehead atoms. The Morgan fingerprint density at radius 1 is 0.750 bits per heavy atom. The monoisotopic (exact) mass is 232 g/mol. The lowest BCUT2D eigenvalue weighted by atomic mass is 10.2. The van der Waals surface area contributed by atoms with E-state index in [-0.39, 0.29) is 18.3 Å². The lowest BCUT2D eigenvalue weighted by molar-refractivity contribution is -0.411. The predicted octanol–water partition coefficient (Wildman–Crippen LogP) is 3.72. The van der Waals surface area contributed by atoms with Gasteiger partial charge in [-0.1, -0.05) is 6.92 Å². The Bertz CT molecular complexity index is 149. The molecule has 0 spiro atoms. The van der Waals surface area contributed by atoms with E-state index in [1.807, 2.05) is 41.5 Å². The zero-order valence-electron chi connectivity index (χ0n) is 11.9. The summed E-state index contributed by atoms with van der Waals surface area (Å²) in [6, 6.07) is 0. The van der Waals surface area contributed by atoms with Crippen LogP contribution in [0.25, 0.3) is 0 Å². The van der Waals surface area contributed by atoms with Crippen LogP contribution >= 0.6 is 0 Å². The number of ether oxygens (including phenoxy) is 3. The maximum atomic E-state index is 5.86. The Balaban J connectivity index is 4.72. The van der Waals surface area contributed by atoms with Crippen molar-refractivity contribution < 1.29 is 14.2 Å². The van der Waals surface area contributed by atoms with Crippen LogP contribution in [0.1, 0.15) is 61.3 Å². The van der Waals surface area contributed by atoms with Gasteiger partial charge in [0.25, 0.3) is 5.97 Å². The van der Waals surface area contributed by atoms with Crippen LogP contribution in [0.3, 0.4) is 0 Å². The maximum Gasteiger partial charge on any atom is 0.283 e. The van der Waals surface area contributed by atoms with Gasteiger partial charge >= 0.3 is 0 Å². The molecule has 0 atom stereocenters. The molecular formula is C13H28O3. The van der Waals surface area contributed by atoms with E-state index >= 15 is 0 Å². The van der Waals surface area contributed by atoms with Crippen LogP contribution in [-0.2, 0) is 14.2 Å². The first-order chi connectivity index (χ1) is 7.31. The van der Waals surface area contributed by atoms with Crippen LogP contribution in [0.15, 0.2) is 0 Å². The van der Waals surface area contributed by atoms with Crippen LogP contribution < -0.4 is 0 Å². The molecule has 0 aromatic heterocycles. The zero-order valence-corrected chi connectivity index (χ0v) is 11.9. The molecule has 0 unspecified atom stereocenters. The van der Waals surface area contributed by atoms with Gasteiger partial charge in [0.15, 0.2) is 0 Å². The molecule has 0 rings (SSSR count). The predicted molar refractivity (Wildman–Crippen MR) is 66.3 cm³/mol. The second-order valence-electron chi connectivity index (χ2n) is 4.93. The van der Waals surface area contributed by atoms with Crippen molar-refractivity contribution in [3.63, 3.8) is 0 Å². The Labute approximate surface area is 100 Å². The fourth-order valence-electron chi connectivity index (χ4n) is 1.64. The minimum absolute atomic E-state index is 0.0871. The maximum absolute atomic E-state index is 5.86. The molecule has 0 aromatic rings. The van der Waals surface area contributed by atoms with E-state index in [9.17, 15) is 0 Å². The zero-order chi connectivity index (χ0) is 12.8. The Hall–Kier alpha value is -0.120. The molecule has 0 aliphatic heterocycles. The van der Waals surface area contributed by atoms with E-state index in [1.54, 1.807) is 0 Å². The largest absolute Gasteiger partial charge is 0.325 e. The molecule has 0 amide bonds. The smallest absolute Gasteiger partial charge is 0.283 e. The second-order valence-corrected chi connectivity index (χ2v) is 4.93. The Kier molecular flexibility index (Phi) is 7.20. The first kappa shape index (κ1) is 15.9. The van der Waals surface area contributed by atoms with Crippen LogP contribution in [0, 0.1) is 0 Å². The van der Waals surface area contributed by atoms with E-state index < -0.39 is 5.97 Å². The summed E-state index contributed by atoms with van der Waals surface area (Å²) in [5.74, 6) is -0.884. The van der Waals surface area contributed by atoms with Crippen molar-refractivity contribution >= 4 is 0 Å². The highest BCUT2D eigenvalue weighted by Gasteiger charge is 2.35. The van der Waals surface area contributed by atoms with Gasteiger partial charge in [0.05, 0.1) is 18.3 Å². The second kappa shape index (κ2) is 7.25. The molecule has 3 heteroatoms. The van der Waals surface area contributed by atoms with Gasteiger partial charge in [-0.15, -0.1) is 0 Å². The van der Waals surface area contributed by atoms with Gasteiger partial charge in [-0.05, 0) is 48.0 Å². The molecule has 0 aliphatic carbocycles. The molecule has 16 heavy (non-hydrogen) atoms. The lowest BCUT2D eigenvalue weighted by Crippen LogP contribution is -2.44. The van der Waals surface area contributed by atoms with E-state index in [0.29, 0.717) is 0 Å². The van der Waals surface area contributed by atoms with Crippen LogP contribution in [-0.4, -0.2) is 24.3 Å². The lowest BCUT2D eigenvalue weighted by Gasteiger charge is -2.37. The van der Waals surface area contributed by atoms with Gasteiger partial charge in [-0.25, -0.2) is 0 Å². The molecule has 0 radical (unpaired) electrons. The molecule has 0 heterocycles. The van der Waals surface area contributed by atoms with E-state index in [2.05, 4.69) is 6.92 Å². The summed E-state index contributed by atoms with van der Waals surface area (Å²) in [4.78, 5) is 0. The molecule has 0 aliphatic rings. The Morgan fingerprint density at radius 3 is 1.25 bits per heavy atom. The fourth-order valence-corrected chi connectivity index (χ4v) is 1.64. The molecule has 0 saturated carbocycles. The molecule has 0 saturated heterocycles. The van der Waals surface area contributed by atoms with Gasteiger partial charge in [-0.2, -0.15) is 0 Å². The van der Waals surface area contributed by atoms with Crippen LogP contribution in [0.4, 0.5) is 0 Å². The minimum atomic E-state index is -0.884. The summed E-state index contributed by atoms with van der Waals surface area (Å²) in [6.45, 7) is 14.1. The minimum Gasteiger partial charge on any atom is -0.325 e. The average Bonchev–Trinajstić information content (AvgIpc) is 1.98. The third kappa shape index (κ3) is 6.46. The quantitative estimate of drug-likeness (QED) is 0.597. The number of rotatable bonds is 8. The Morgan fingerprint density at radius 2 is 1.06 bits per heavy atom. The SMILES string of the molecule is CCCC(OC(C)C)(OC(C)C)OC(C)C. The summed E-state index contributed by atoms with van der Waals surface area (Å²) < 4.78 is 17.6. The standard InChI is InChI=1S/C13H28O3/c1-8-9-13(14-10(2)3,15-11(4)5)16-12(6)7/h10-12H,8-9H2,1-7H3. The third-order valence-corrected chi connectivity index (χ3v) is 1.80. The van der Waals surface area contributed by atoms with Crippen LogP contribution in [0.2, 0.25) is 0 Å². The van der Waals surface area contributed by atoms with Gasteiger partial charge in [0.2, 0.25) is 0 Å². The topological polar surface area (TPSA) is 27.7 Å².